The van der Waals surface area contributed by atoms with E-state index in [1.54, 1.807) is 0 Å². The van der Waals surface area contributed by atoms with Gasteiger partial charge < -0.3 is 20.9 Å². The fraction of sp³-hybridized carbons (Fsp3) is 0.882. The molecule has 1 aliphatic carbocycles. The summed E-state index contributed by atoms with van der Waals surface area (Å²) in [4.78, 5) is 25.9. The second-order valence-electron chi connectivity index (χ2n) is 6.88. The lowest BCUT2D eigenvalue weighted by Crippen LogP contribution is -2.48. The van der Waals surface area contributed by atoms with Crippen LogP contribution in [0.2, 0.25) is 0 Å². The van der Waals surface area contributed by atoms with Crippen LogP contribution in [0.5, 0.6) is 0 Å². The van der Waals surface area contributed by atoms with Crippen molar-refractivity contribution in [1.82, 2.24) is 20.9 Å². The topological polar surface area (TPSA) is 73.5 Å². The number of nitrogens with one attached hydrogen (secondary N) is 3. The molecular formula is C17H32N4O2. The Hall–Kier alpha value is -1.30. The Bertz CT molecular complexity index is 375. The summed E-state index contributed by atoms with van der Waals surface area (Å²) in [7, 11) is 1.97. The zero-order valence-corrected chi connectivity index (χ0v) is 14.4. The third kappa shape index (κ3) is 6.37. The summed E-state index contributed by atoms with van der Waals surface area (Å²) in [5.74, 6) is 0.755. The molecule has 1 heterocycles. The van der Waals surface area contributed by atoms with E-state index in [1.165, 1.54) is 25.7 Å². The molecule has 0 aromatic carbocycles. The number of hydrogen-bond donors (Lipinski definition) is 3. The van der Waals surface area contributed by atoms with Crippen LogP contribution in [0.15, 0.2) is 0 Å². The van der Waals surface area contributed by atoms with Crippen molar-refractivity contribution in [3.05, 3.63) is 0 Å². The third-order valence-corrected chi connectivity index (χ3v) is 5.11. The van der Waals surface area contributed by atoms with E-state index < -0.39 is 0 Å². The summed E-state index contributed by atoms with van der Waals surface area (Å²) >= 11 is 0. The van der Waals surface area contributed by atoms with Crippen molar-refractivity contribution in [2.24, 2.45) is 5.92 Å². The highest BCUT2D eigenvalue weighted by Gasteiger charge is 2.23. The van der Waals surface area contributed by atoms with E-state index in [9.17, 15) is 9.59 Å². The number of nitrogens with zero attached hydrogens (tertiary/aromatic N) is 1. The standard InChI is InChI=1S/C17H32N4O2/c1-18-10-7-14-8-11-21(12-9-14)16(22)13-19-17(23)20-15-5-3-2-4-6-15/h14-15,18H,2-13H2,1H3,(H2,19,20,23). The van der Waals surface area contributed by atoms with Crippen LogP contribution in [0.25, 0.3) is 0 Å². The van der Waals surface area contributed by atoms with E-state index >= 15 is 0 Å². The highest BCUT2D eigenvalue weighted by molar-refractivity contribution is 5.84. The second kappa shape index (κ2) is 9.75. The first-order valence-electron chi connectivity index (χ1n) is 9.15. The van der Waals surface area contributed by atoms with Gasteiger partial charge in [0.15, 0.2) is 0 Å². The Morgan fingerprint density at radius 2 is 1.74 bits per heavy atom. The van der Waals surface area contributed by atoms with E-state index in [0.29, 0.717) is 5.92 Å². The highest BCUT2D eigenvalue weighted by atomic mass is 16.2. The first kappa shape index (κ1) is 18.0. The van der Waals surface area contributed by atoms with Gasteiger partial charge in [0.1, 0.15) is 0 Å². The summed E-state index contributed by atoms with van der Waals surface area (Å²) in [5.41, 5.74) is 0. The maximum atomic E-state index is 12.2. The highest BCUT2D eigenvalue weighted by Crippen LogP contribution is 2.20. The van der Waals surface area contributed by atoms with Gasteiger partial charge in [-0.05, 0) is 51.6 Å². The third-order valence-electron chi connectivity index (χ3n) is 5.11. The van der Waals surface area contributed by atoms with Crippen LogP contribution in [0.3, 0.4) is 0 Å². The number of urea groups is 1. The van der Waals surface area contributed by atoms with Gasteiger partial charge in [0.25, 0.3) is 0 Å². The minimum absolute atomic E-state index is 0.0378. The summed E-state index contributed by atoms with van der Waals surface area (Å²) in [5, 5.41) is 8.88. The minimum Gasteiger partial charge on any atom is -0.341 e. The molecule has 3 N–H and O–H groups in total. The number of carbonyl (C=O) groups is 2. The lowest BCUT2D eigenvalue weighted by molar-refractivity contribution is -0.131. The van der Waals surface area contributed by atoms with Crippen LogP contribution >= 0.6 is 0 Å². The quantitative estimate of drug-likeness (QED) is 0.693. The van der Waals surface area contributed by atoms with E-state index in [-0.39, 0.29) is 24.5 Å². The molecule has 0 spiro atoms. The number of hydrogen-bond acceptors (Lipinski definition) is 3. The van der Waals surface area contributed by atoms with Crippen LogP contribution in [0.1, 0.15) is 51.4 Å². The van der Waals surface area contributed by atoms with Crippen molar-refractivity contribution in [3.8, 4) is 0 Å². The van der Waals surface area contributed by atoms with E-state index in [0.717, 1.165) is 45.3 Å². The SMILES string of the molecule is CNCCC1CCN(C(=O)CNC(=O)NC2CCCCC2)CC1. The van der Waals surface area contributed by atoms with Gasteiger partial charge in [-0.1, -0.05) is 19.3 Å². The van der Waals surface area contributed by atoms with Crippen molar-refractivity contribution in [1.29, 1.82) is 0 Å². The molecule has 6 nitrogen and oxygen atoms in total. The first-order chi connectivity index (χ1) is 11.2. The van der Waals surface area contributed by atoms with E-state index in [2.05, 4.69) is 16.0 Å². The fourth-order valence-electron chi connectivity index (χ4n) is 3.57. The second-order valence-corrected chi connectivity index (χ2v) is 6.88. The molecule has 23 heavy (non-hydrogen) atoms. The lowest BCUT2D eigenvalue weighted by Gasteiger charge is -2.32. The van der Waals surface area contributed by atoms with Crippen LogP contribution < -0.4 is 16.0 Å². The molecule has 2 fully saturated rings. The number of carbonyl (C=O) groups excluding carboxylic acids is 2. The van der Waals surface area contributed by atoms with E-state index in [1.807, 2.05) is 11.9 Å². The van der Waals surface area contributed by atoms with Gasteiger partial charge in [0.05, 0.1) is 6.54 Å². The zero-order chi connectivity index (χ0) is 16.5. The van der Waals surface area contributed by atoms with Crippen LogP contribution in [-0.2, 0) is 4.79 Å². The Balaban J connectivity index is 1.60. The number of likely N-dealkylation sites (tertiary alicyclic amines) is 1. The largest absolute Gasteiger partial charge is 0.341 e. The Labute approximate surface area is 139 Å². The molecule has 0 aromatic rings. The van der Waals surface area contributed by atoms with Crippen molar-refractivity contribution >= 4 is 11.9 Å². The average Bonchev–Trinajstić information content (AvgIpc) is 2.59. The predicted molar refractivity (Wildman–Crippen MR) is 91.3 cm³/mol. The Kier molecular flexibility index (Phi) is 7.65. The average molecular weight is 324 g/mol. The maximum absolute atomic E-state index is 12.2. The van der Waals surface area contributed by atoms with Gasteiger partial charge in [-0.3, -0.25) is 4.79 Å². The molecule has 6 heteroatoms. The van der Waals surface area contributed by atoms with Crippen LogP contribution in [-0.4, -0.2) is 56.1 Å². The van der Waals surface area contributed by atoms with Crippen molar-refractivity contribution in [2.75, 3.05) is 33.2 Å². The summed E-state index contributed by atoms with van der Waals surface area (Å²) in [6.07, 6.45) is 9.08. The molecule has 2 rings (SSSR count). The predicted octanol–water partition coefficient (Wildman–Crippen LogP) is 1.47. The van der Waals surface area contributed by atoms with Crippen LogP contribution in [0, 0.1) is 5.92 Å². The number of rotatable bonds is 6. The zero-order valence-electron chi connectivity index (χ0n) is 14.4. The summed E-state index contributed by atoms with van der Waals surface area (Å²) in [6, 6.07) is 0.0796. The van der Waals surface area contributed by atoms with Gasteiger partial charge in [0.2, 0.25) is 5.91 Å². The molecule has 3 amide bonds. The first-order valence-corrected chi connectivity index (χ1v) is 9.15. The van der Waals surface area contributed by atoms with Crippen molar-refractivity contribution < 1.29 is 9.59 Å². The van der Waals surface area contributed by atoms with Crippen LogP contribution in [0.4, 0.5) is 4.79 Å². The number of piperidine rings is 1. The normalized spacial score (nSPS) is 20.3. The van der Waals surface area contributed by atoms with Gasteiger partial charge >= 0.3 is 6.03 Å². The summed E-state index contributed by atoms with van der Waals surface area (Å²) in [6.45, 7) is 2.79. The molecule has 132 valence electrons. The van der Waals surface area contributed by atoms with Gasteiger partial charge in [-0.15, -0.1) is 0 Å². The molecule has 0 atom stereocenters. The number of amides is 3. The van der Waals surface area contributed by atoms with Gasteiger partial charge in [-0.25, -0.2) is 4.79 Å². The fourth-order valence-corrected chi connectivity index (χ4v) is 3.57. The molecule has 1 saturated heterocycles. The molecule has 2 aliphatic rings. The van der Waals surface area contributed by atoms with Gasteiger partial charge in [-0.2, -0.15) is 0 Å². The van der Waals surface area contributed by atoms with Crippen molar-refractivity contribution in [2.45, 2.75) is 57.4 Å². The van der Waals surface area contributed by atoms with Crippen molar-refractivity contribution in [3.63, 3.8) is 0 Å². The molecule has 1 saturated carbocycles. The Morgan fingerprint density at radius 3 is 2.39 bits per heavy atom. The molecule has 0 unspecified atom stereocenters. The lowest BCUT2D eigenvalue weighted by atomic mass is 9.93. The minimum atomic E-state index is -0.200. The molecule has 0 radical (unpaired) electrons. The molecule has 0 aromatic heterocycles. The molecule has 0 bridgehead atoms. The molecule has 1 aliphatic heterocycles. The molecular weight excluding hydrogens is 292 g/mol. The smallest absolute Gasteiger partial charge is 0.315 e. The van der Waals surface area contributed by atoms with Gasteiger partial charge in [0, 0.05) is 19.1 Å². The maximum Gasteiger partial charge on any atom is 0.315 e. The summed E-state index contributed by atoms with van der Waals surface area (Å²) < 4.78 is 0. The Morgan fingerprint density at radius 1 is 1.04 bits per heavy atom. The van der Waals surface area contributed by atoms with E-state index in [4.69, 9.17) is 0 Å². The monoisotopic (exact) mass is 324 g/mol.